The molecule has 0 unspecified atom stereocenters. The first-order chi connectivity index (χ1) is 10.2. The molecule has 3 nitrogen and oxygen atoms in total. The number of halogens is 3. The van der Waals surface area contributed by atoms with E-state index in [-0.39, 0.29) is 28.9 Å². The highest BCUT2D eigenvalue weighted by Gasteiger charge is 2.35. The summed E-state index contributed by atoms with van der Waals surface area (Å²) < 4.78 is 0. The number of benzene rings is 1. The Kier molecular flexibility index (Phi) is 6.57. The highest BCUT2D eigenvalue weighted by molar-refractivity contribution is 8.93. The van der Waals surface area contributed by atoms with E-state index in [1.807, 2.05) is 0 Å². The van der Waals surface area contributed by atoms with Gasteiger partial charge in [-0.15, -0.1) is 17.0 Å². The summed E-state index contributed by atoms with van der Waals surface area (Å²) in [5.41, 5.74) is 0.531. The Hall–Kier alpha value is -0.290. The predicted octanol–water partition coefficient (Wildman–Crippen LogP) is 4.32. The van der Waals surface area contributed by atoms with Crippen LogP contribution in [0.5, 0.6) is 0 Å². The van der Waals surface area contributed by atoms with E-state index in [1.165, 1.54) is 12.8 Å². The van der Waals surface area contributed by atoms with E-state index in [1.54, 1.807) is 18.2 Å². The Morgan fingerprint density at radius 2 is 1.86 bits per heavy atom. The average molecular weight is 408 g/mol. The third-order valence-corrected chi connectivity index (χ3v) is 5.38. The summed E-state index contributed by atoms with van der Waals surface area (Å²) in [5.74, 6) is 0.0306. The molecule has 1 aromatic carbocycles. The van der Waals surface area contributed by atoms with Crippen LogP contribution in [0.1, 0.15) is 42.5 Å². The molecule has 0 aromatic heterocycles. The molecule has 3 rings (SSSR count). The number of hydrogen-bond acceptors (Lipinski definition) is 2. The fourth-order valence-corrected chi connectivity index (χ4v) is 3.88. The number of carbonyl (C=O) groups excluding carboxylic acids is 1. The normalized spacial score (nSPS) is 21.6. The maximum atomic E-state index is 13.0. The molecule has 1 N–H and O–H groups in total. The van der Waals surface area contributed by atoms with E-state index >= 15 is 0 Å². The molecule has 22 heavy (non-hydrogen) atoms. The summed E-state index contributed by atoms with van der Waals surface area (Å²) >= 11 is 12.3. The number of nitrogens with one attached hydrogen (secondary N) is 1. The summed E-state index contributed by atoms with van der Waals surface area (Å²) in [6, 6.07) is 5.91. The highest BCUT2D eigenvalue weighted by atomic mass is 79.9. The van der Waals surface area contributed by atoms with E-state index in [0.717, 1.165) is 32.4 Å². The van der Waals surface area contributed by atoms with E-state index in [0.29, 0.717) is 21.7 Å². The van der Waals surface area contributed by atoms with E-state index in [9.17, 15) is 4.79 Å². The second-order valence-electron chi connectivity index (χ2n) is 5.90. The number of rotatable bonds is 3. The van der Waals surface area contributed by atoms with Gasteiger partial charge in [0.05, 0.1) is 15.6 Å². The molecule has 1 heterocycles. The number of amides is 1. The summed E-state index contributed by atoms with van der Waals surface area (Å²) in [4.78, 5) is 15.1. The zero-order chi connectivity index (χ0) is 14.8. The molecular weight excluding hydrogens is 387 g/mol. The molecule has 1 amide bonds. The summed E-state index contributed by atoms with van der Waals surface area (Å²) in [6.07, 6.45) is 5.62. The van der Waals surface area contributed by atoms with Crippen molar-refractivity contribution < 1.29 is 4.79 Å². The van der Waals surface area contributed by atoms with Gasteiger partial charge in [0.25, 0.3) is 5.91 Å². The lowest BCUT2D eigenvalue weighted by Gasteiger charge is -2.34. The Bertz CT molecular complexity index is 513. The minimum atomic E-state index is 0. The van der Waals surface area contributed by atoms with Gasteiger partial charge < -0.3 is 10.2 Å². The van der Waals surface area contributed by atoms with Gasteiger partial charge in [0.1, 0.15) is 0 Å². The van der Waals surface area contributed by atoms with Crippen molar-refractivity contribution in [2.45, 2.75) is 44.2 Å². The van der Waals surface area contributed by atoms with Gasteiger partial charge in [-0.1, -0.05) is 42.1 Å². The van der Waals surface area contributed by atoms with Crippen molar-refractivity contribution in [2.24, 2.45) is 0 Å². The van der Waals surface area contributed by atoms with E-state index in [2.05, 4.69) is 10.2 Å². The molecule has 0 bridgehead atoms. The molecule has 122 valence electrons. The maximum Gasteiger partial charge on any atom is 0.255 e. The molecule has 2 aliphatic rings. The van der Waals surface area contributed by atoms with Crippen LogP contribution in [0.4, 0.5) is 0 Å². The molecule has 1 aliphatic carbocycles. The second kappa shape index (κ2) is 8.00. The maximum absolute atomic E-state index is 13.0. The van der Waals surface area contributed by atoms with Crippen LogP contribution in [0.15, 0.2) is 18.2 Å². The fraction of sp³-hybridized carbons (Fsp3) is 0.562. The lowest BCUT2D eigenvalue weighted by Crippen LogP contribution is -2.47. The molecular formula is C16H21BrCl2N2O. The number of carbonyl (C=O) groups is 1. The SMILES string of the molecule is Br.O=C(c1cccc(Cl)c1Cl)N(C1CCCC1)[C@H]1CCNC1. The van der Waals surface area contributed by atoms with Crippen LogP contribution in [0.2, 0.25) is 10.0 Å². The van der Waals surface area contributed by atoms with Crippen molar-refractivity contribution in [3.63, 3.8) is 0 Å². The van der Waals surface area contributed by atoms with Gasteiger partial charge in [0, 0.05) is 18.6 Å². The van der Waals surface area contributed by atoms with Crippen LogP contribution in [-0.2, 0) is 0 Å². The van der Waals surface area contributed by atoms with Gasteiger partial charge in [-0.05, 0) is 37.9 Å². The molecule has 1 aromatic rings. The number of nitrogens with zero attached hydrogens (tertiary/aromatic N) is 1. The first-order valence-electron chi connectivity index (χ1n) is 7.66. The quantitative estimate of drug-likeness (QED) is 0.809. The summed E-state index contributed by atoms with van der Waals surface area (Å²) in [6.45, 7) is 1.85. The lowest BCUT2D eigenvalue weighted by molar-refractivity contribution is 0.0595. The van der Waals surface area contributed by atoms with Gasteiger partial charge in [0.15, 0.2) is 0 Å². The molecule has 2 fully saturated rings. The first-order valence-corrected chi connectivity index (χ1v) is 8.41. The Morgan fingerprint density at radius 3 is 2.50 bits per heavy atom. The summed E-state index contributed by atoms with van der Waals surface area (Å²) in [7, 11) is 0. The molecule has 1 saturated carbocycles. The van der Waals surface area contributed by atoms with Crippen molar-refractivity contribution in [3.05, 3.63) is 33.8 Å². The molecule has 0 spiro atoms. The number of hydrogen-bond donors (Lipinski definition) is 1. The third kappa shape index (κ3) is 3.61. The minimum absolute atomic E-state index is 0. The standard InChI is InChI=1S/C16H20Cl2N2O.BrH/c17-14-7-3-6-13(15(14)18)16(21)20(11-4-1-2-5-11)12-8-9-19-10-12;/h3,6-7,11-12,19H,1-2,4-5,8-10H2;1H/t12-;/m0./s1. The molecule has 1 atom stereocenters. The van der Waals surface area contributed by atoms with Gasteiger partial charge in [-0.3, -0.25) is 4.79 Å². The monoisotopic (exact) mass is 406 g/mol. The van der Waals surface area contributed by atoms with Gasteiger partial charge >= 0.3 is 0 Å². The van der Waals surface area contributed by atoms with Crippen LogP contribution in [0, 0.1) is 0 Å². The summed E-state index contributed by atoms with van der Waals surface area (Å²) in [5, 5.41) is 4.17. The topological polar surface area (TPSA) is 32.3 Å². The van der Waals surface area contributed by atoms with Crippen LogP contribution >= 0.6 is 40.2 Å². The Balaban J connectivity index is 0.00000176. The second-order valence-corrected chi connectivity index (χ2v) is 6.68. The Labute approximate surface area is 152 Å². The smallest absolute Gasteiger partial charge is 0.255 e. The zero-order valence-corrected chi connectivity index (χ0v) is 15.6. The van der Waals surface area contributed by atoms with Crippen molar-refractivity contribution in [1.82, 2.24) is 10.2 Å². The average Bonchev–Trinajstić information content (AvgIpc) is 3.16. The van der Waals surface area contributed by atoms with Gasteiger partial charge in [-0.25, -0.2) is 0 Å². The van der Waals surface area contributed by atoms with E-state index < -0.39 is 0 Å². The van der Waals surface area contributed by atoms with Crippen LogP contribution in [-0.4, -0.2) is 36.0 Å². The van der Waals surface area contributed by atoms with Crippen LogP contribution < -0.4 is 5.32 Å². The molecule has 1 saturated heterocycles. The highest BCUT2D eigenvalue weighted by Crippen LogP contribution is 2.32. The van der Waals surface area contributed by atoms with Crippen LogP contribution in [0.25, 0.3) is 0 Å². The van der Waals surface area contributed by atoms with Crippen molar-refractivity contribution >= 4 is 46.1 Å². The van der Waals surface area contributed by atoms with Gasteiger partial charge in [-0.2, -0.15) is 0 Å². The Morgan fingerprint density at radius 1 is 1.14 bits per heavy atom. The van der Waals surface area contributed by atoms with E-state index in [4.69, 9.17) is 23.2 Å². The molecule has 1 aliphatic heterocycles. The molecule has 6 heteroatoms. The third-order valence-electron chi connectivity index (χ3n) is 4.56. The lowest BCUT2D eigenvalue weighted by atomic mass is 10.1. The largest absolute Gasteiger partial charge is 0.331 e. The van der Waals surface area contributed by atoms with Crippen molar-refractivity contribution in [2.75, 3.05) is 13.1 Å². The van der Waals surface area contributed by atoms with Crippen molar-refractivity contribution in [3.8, 4) is 0 Å². The molecule has 0 radical (unpaired) electrons. The first kappa shape index (κ1) is 18.1. The van der Waals surface area contributed by atoms with Crippen LogP contribution in [0.3, 0.4) is 0 Å². The zero-order valence-electron chi connectivity index (χ0n) is 12.4. The predicted molar refractivity (Wildman–Crippen MR) is 96.5 cm³/mol. The minimum Gasteiger partial charge on any atom is -0.331 e. The fourth-order valence-electron chi connectivity index (χ4n) is 3.50. The van der Waals surface area contributed by atoms with Gasteiger partial charge in [0.2, 0.25) is 0 Å². The van der Waals surface area contributed by atoms with Crippen molar-refractivity contribution in [1.29, 1.82) is 0 Å².